The number of amides is 2. The van der Waals surface area contributed by atoms with Gasteiger partial charge >= 0.3 is 0 Å². The van der Waals surface area contributed by atoms with Crippen molar-refractivity contribution in [2.24, 2.45) is 5.92 Å². The van der Waals surface area contributed by atoms with Crippen LogP contribution in [0.4, 0.5) is 5.82 Å². The summed E-state index contributed by atoms with van der Waals surface area (Å²) in [6.45, 7) is 9.15. The van der Waals surface area contributed by atoms with E-state index in [9.17, 15) is 9.59 Å². The molecule has 0 atom stereocenters. The molecule has 1 aromatic rings. The zero-order chi connectivity index (χ0) is 14.6. The maximum Gasteiger partial charge on any atom is 0.245 e. The van der Waals surface area contributed by atoms with Gasteiger partial charge in [0.2, 0.25) is 11.8 Å². The normalized spacial score (nSPS) is 10.9. The molecule has 1 rings (SSSR count). The molecule has 1 N–H and O–H groups in total. The highest BCUT2D eigenvalue weighted by atomic mass is 16.5. The maximum absolute atomic E-state index is 12.0. The van der Waals surface area contributed by atoms with Gasteiger partial charge in [0.1, 0.15) is 12.3 Å². The summed E-state index contributed by atoms with van der Waals surface area (Å²) in [6, 6.07) is 1.60. The fourth-order valence-corrected chi connectivity index (χ4v) is 1.61. The van der Waals surface area contributed by atoms with Gasteiger partial charge < -0.3 is 14.7 Å². The van der Waals surface area contributed by atoms with Gasteiger partial charge in [0.25, 0.3) is 0 Å². The lowest BCUT2D eigenvalue weighted by Crippen LogP contribution is -2.44. The summed E-state index contributed by atoms with van der Waals surface area (Å²) in [4.78, 5) is 25.4. The molecule has 0 bridgehead atoms. The number of carbonyl (C=O) groups excluding carboxylic acids is 2. The number of aromatic nitrogens is 1. The summed E-state index contributed by atoms with van der Waals surface area (Å²) in [7, 11) is 0. The van der Waals surface area contributed by atoms with Crippen LogP contribution < -0.4 is 5.32 Å². The molecule has 6 nitrogen and oxygen atoms in total. The number of rotatable bonds is 5. The van der Waals surface area contributed by atoms with Gasteiger partial charge in [-0.3, -0.25) is 9.59 Å². The van der Waals surface area contributed by atoms with Crippen LogP contribution in [0.1, 0.15) is 33.5 Å². The topological polar surface area (TPSA) is 75.4 Å². The third-order valence-corrected chi connectivity index (χ3v) is 2.61. The van der Waals surface area contributed by atoms with Gasteiger partial charge in [0.15, 0.2) is 5.82 Å². The third-order valence-electron chi connectivity index (χ3n) is 2.61. The molecule has 0 radical (unpaired) electrons. The predicted octanol–water partition coefficient (Wildman–Crippen LogP) is 1.81. The van der Waals surface area contributed by atoms with Crippen LogP contribution in [0.5, 0.6) is 0 Å². The Morgan fingerprint density at radius 3 is 2.42 bits per heavy atom. The first-order valence-corrected chi connectivity index (χ1v) is 6.35. The van der Waals surface area contributed by atoms with E-state index in [1.54, 1.807) is 17.9 Å². The Balaban J connectivity index is 2.64. The van der Waals surface area contributed by atoms with Gasteiger partial charge in [-0.25, -0.2) is 0 Å². The molecular formula is C13H21N3O3. The minimum Gasteiger partial charge on any atom is -0.360 e. The highest BCUT2D eigenvalue weighted by Gasteiger charge is 2.22. The minimum atomic E-state index is -0.281. The van der Waals surface area contributed by atoms with E-state index in [1.807, 2.05) is 27.7 Å². The number of nitrogens with zero attached hydrogens (tertiary/aromatic N) is 2. The predicted molar refractivity (Wildman–Crippen MR) is 71.6 cm³/mol. The van der Waals surface area contributed by atoms with Crippen molar-refractivity contribution >= 4 is 17.6 Å². The summed E-state index contributed by atoms with van der Waals surface area (Å²) in [5, 5.41) is 6.28. The van der Waals surface area contributed by atoms with Crippen LogP contribution in [0.25, 0.3) is 0 Å². The molecule has 0 saturated heterocycles. The van der Waals surface area contributed by atoms with Gasteiger partial charge in [-0.05, 0) is 20.8 Å². The van der Waals surface area contributed by atoms with Crippen molar-refractivity contribution in [2.75, 3.05) is 11.9 Å². The molecule has 6 heteroatoms. The van der Waals surface area contributed by atoms with E-state index in [4.69, 9.17) is 4.52 Å². The molecule has 0 aliphatic rings. The van der Waals surface area contributed by atoms with Crippen LogP contribution in [-0.2, 0) is 9.59 Å². The van der Waals surface area contributed by atoms with Crippen molar-refractivity contribution in [1.29, 1.82) is 0 Å². The number of carbonyl (C=O) groups is 2. The lowest BCUT2D eigenvalue weighted by atomic mass is 10.1. The fraction of sp³-hybridized carbons (Fsp3) is 0.615. The second kappa shape index (κ2) is 6.36. The number of hydrogen-bond acceptors (Lipinski definition) is 4. The zero-order valence-electron chi connectivity index (χ0n) is 12.1. The van der Waals surface area contributed by atoms with Crippen LogP contribution in [0.15, 0.2) is 10.6 Å². The van der Waals surface area contributed by atoms with Gasteiger partial charge in [0.05, 0.1) is 0 Å². The molecule has 0 aliphatic heterocycles. The maximum atomic E-state index is 12.0. The molecular weight excluding hydrogens is 246 g/mol. The van der Waals surface area contributed by atoms with Crippen LogP contribution in [0.3, 0.4) is 0 Å². The van der Waals surface area contributed by atoms with Crippen molar-refractivity contribution in [2.45, 2.75) is 40.7 Å². The SMILES string of the molecule is Cc1cc(NC(=O)CN(C(=O)C(C)C)C(C)C)no1. The number of nitrogens with one attached hydrogen (secondary N) is 1. The first-order chi connectivity index (χ1) is 8.81. The van der Waals surface area contributed by atoms with Gasteiger partial charge in [0, 0.05) is 18.0 Å². The molecule has 1 aromatic heterocycles. The molecule has 0 unspecified atom stereocenters. The minimum absolute atomic E-state index is 0.0145. The summed E-state index contributed by atoms with van der Waals surface area (Å²) in [6.07, 6.45) is 0. The van der Waals surface area contributed by atoms with Crippen LogP contribution in [0, 0.1) is 12.8 Å². The van der Waals surface area contributed by atoms with Crippen molar-refractivity contribution in [3.8, 4) is 0 Å². The van der Waals surface area contributed by atoms with E-state index < -0.39 is 0 Å². The average molecular weight is 267 g/mol. The molecule has 1 heterocycles. The summed E-state index contributed by atoms with van der Waals surface area (Å²) in [5.74, 6) is 0.527. The average Bonchev–Trinajstić information content (AvgIpc) is 2.70. The Labute approximate surface area is 113 Å². The quantitative estimate of drug-likeness (QED) is 0.882. The molecule has 0 aromatic carbocycles. The Morgan fingerprint density at radius 1 is 1.37 bits per heavy atom. The van der Waals surface area contributed by atoms with Crippen molar-refractivity contribution in [3.63, 3.8) is 0 Å². The molecule has 0 spiro atoms. The molecule has 106 valence electrons. The summed E-state index contributed by atoms with van der Waals surface area (Å²) in [5.41, 5.74) is 0. The van der Waals surface area contributed by atoms with E-state index >= 15 is 0 Å². The van der Waals surface area contributed by atoms with E-state index in [0.717, 1.165) is 0 Å². The lowest BCUT2D eigenvalue weighted by molar-refractivity contribution is -0.139. The van der Waals surface area contributed by atoms with Crippen LogP contribution in [0.2, 0.25) is 0 Å². The second-order valence-corrected chi connectivity index (χ2v) is 5.09. The molecule has 0 aliphatic carbocycles. The largest absolute Gasteiger partial charge is 0.360 e. The molecule has 0 saturated carbocycles. The molecule has 2 amide bonds. The summed E-state index contributed by atoms with van der Waals surface area (Å²) >= 11 is 0. The molecule has 0 fully saturated rings. The van der Waals surface area contributed by atoms with Gasteiger partial charge in [-0.1, -0.05) is 19.0 Å². The van der Waals surface area contributed by atoms with Crippen molar-refractivity contribution in [1.82, 2.24) is 10.1 Å². The number of aryl methyl sites for hydroxylation is 1. The fourth-order valence-electron chi connectivity index (χ4n) is 1.61. The first-order valence-electron chi connectivity index (χ1n) is 6.35. The second-order valence-electron chi connectivity index (χ2n) is 5.09. The Bertz CT molecular complexity index is 452. The Morgan fingerprint density at radius 2 is 2.00 bits per heavy atom. The summed E-state index contributed by atoms with van der Waals surface area (Å²) < 4.78 is 4.86. The van der Waals surface area contributed by atoms with Gasteiger partial charge in [-0.15, -0.1) is 0 Å². The Hall–Kier alpha value is -1.85. The third kappa shape index (κ3) is 4.39. The van der Waals surface area contributed by atoms with Crippen molar-refractivity contribution in [3.05, 3.63) is 11.8 Å². The highest BCUT2D eigenvalue weighted by molar-refractivity contribution is 5.94. The number of anilines is 1. The molecule has 19 heavy (non-hydrogen) atoms. The van der Waals surface area contributed by atoms with Crippen molar-refractivity contribution < 1.29 is 14.1 Å². The Kier molecular flexibility index (Phi) is 5.09. The first kappa shape index (κ1) is 15.2. The lowest BCUT2D eigenvalue weighted by Gasteiger charge is -2.27. The number of hydrogen-bond donors (Lipinski definition) is 1. The van der Waals surface area contributed by atoms with Gasteiger partial charge in [-0.2, -0.15) is 0 Å². The highest BCUT2D eigenvalue weighted by Crippen LogP contribution is 2.09. The van der Waals surface area contributed by atoms with E-state index in [2.05, 4.69) is 10.5 Å². The monoisotopic (exact) mass is 267 g/mol. The van der Waals surface area contributed by atoms with E-state index in [1.165, 1.54) is 0 Å². The van der Waals surface area contributed by atoms with E-state index in [-0.39, 0.29) is 30.3 Å². The van der Waals surface area contributed by atoms with Crippen LogP contribution >= 0.6 is 0 Å². The smallest absolute Gasteiger partial charge is 0.245 e. The van der Waals surface area contributed by atoms with E-state index in [0.29, 0.717) is 11.6 Å². The zero-order valence-corrected chi connectivity index (χ0v) is 12.1. The van der Waals surface area contributed by atoms with Crippen LogP contribution in [-0.4, -0.2) is 34.5 Å². The standard InChI is InChI=1S/C13H21N3O3/c1-8(2)13(18)16(9(3)4)7-12(17)14-11-6-10(5)19-15-11/h6,8-9H,7H2,1-5H3,(H,14,15,17).